The maximum absolute atomic E-state index is 15.3. The molecular weight excluding hydrogens is 490 g/mol. The third-order valence-electron chi connectivity index (χ3n) is 6.44. The van der Waals surface area contributed by atoms with Gasteiger partial charge in [0.1, 0.15) is 11.6 Å². The predicted molar refractivity (Wildman–Crippen MR) is 134 cm³/mol. The maximum atomic E-state index is 15.3. The van der Waals surface area contributed by atoms with E-state index in [0.29, 0.717) is 18.4 Å². The lowest BCUT2D eigenvalue weighted by atomic mass is 10.0. The van der Waals surface area contributed by atoms with Crippen LogP contribution in [0.3, 0.4) is 0 Å². The molecular formula is C25H26F2N4O4S. The fraction of sp³-hybridized carbons (Fsp3) is 0.280. The first kappa shape index (κ1) is 25.4. The van der Waals surface area contributed by atoms with Gasteiger partial charge < -0.3 is 11.1 Å². The van der Waals surface area contributed by atoms with Crippen LogP contribution in [0.4, 0.5) is 26.0 Å². The van der Waals surface area contributed by atoms with Crippen molar-refractivity contribution in [3.8, 4) is 0 Å². The second kappa shape index (κ2) is 9.05. The van der Waals surface area contributed by atoms with Crippen molar-refractivity contribution in [1.29, 1.82) is 0 Å². The number of aromatic nitrogens is 1. The van der Waals surface area contributed by atoms with Crippen molar-refractivity contribution in [3.63, 3.8) is 0 Å². The Morgan fingerprint density at radius 3 is 2.42 bits per heavy atom. The third-order valence-corrected chi connectivity index (χ3v) is 8.63. The minimum atomic E-state index is -3.78. The molecule has 1 aliphatic rings. The van der Waals surface area contributed by atoms with Gasteiger partial charge in [0, 0.05) is 19.0 Å². The molecule has 8 nitrogen and oxygen atoms in total. The number of nitrogens with zero attached hydrogens (tertiary/aromatic N) is 1. The highest BCUT2D eigenvalue weighted by molar-refractivity contribution is 7.94. The molecule has 1 heterocycles. The van der Waals surface area contributed by atoms with Crippen LogP contribution in [0.5, 0.6) is 0 Å². The molecule has 1 aromatic heterocycles. The van der Waals surface area contributed by atoms with Crippen molar-refractivity contribution in [3.05, 3.63) is 86.7 Å². The molecule has 1 fully saturated rings. The maximum Gasteiger partial charge on any atom is 0.255 e. The summed E-state index contributed by atoms with van der Waals surface area (Å²) in [5, 5.41) is 2.75. The number of hydrogen-bond acceptors (Lipinski definition) is 5. The molecule has 1 aliphatic carbocycles. The van der Waals surface area contributed by atoms with Crippen LogP contribution in [0.15, 0.2) is 47.3 Å². The van der Waals surface area contributed by atoms with E-state index < -0.39 is 37.9 Å². The van der Waals surface area contributed by atoms with E-state index in [4.69, 9.17) is 5.73 Å². The number of carbonyl (C=O) groups is 1. The van der Waals surface area contributed by atoms with Gasteiger partial charge >= 0.3 is 0 Å². The number of benzene rings is 2. The summed E-state index contributed by atoms with van der Waals surface area (Å²) in [4.78, 5) is 25.3. The minimum absolute atomic E-state index is 0.0151. The van der Waals surface area contributed by atoms with E-state index in [1.165, 1.54) is 43.4 Å². The lowest BCUT2D eigenvalue weighted by Crippen LogP contribution is -2.28. The van der Waals surface area contributed by atoms with Gasteiger partial charge in [0.05, 0.1) is 21.7 Å². The molecule has 190 valence electrons. The Balaban J connectivity index is 1.70. The Labute approximate surface area is 207 Å². The Morgan fingerprint density at radius 1 is 1.11 bits per heavy atom. The molecule has 0 bridgehead atoms. The predicted octanol–water partition coefficient (Wildman–Crippen LogP) is 3.70. The molecule has 4 N–H and O–H groups in total. The van der Waals surface area contributed by atoms with Gasteiger partial charge in [0.15, 0.2) is 5.82 Å². The molecule has 0 saturated heterocycles. The number of halogens is 2. The summed E-state index contributed by atoms with van der Waals surface area (Å²) in [6, 6.07) is 9.86. The lowest BCUT2D eigenvalue weighted by molar-refractivity contribution is 0.100. The van der Waals surface area contributed by atoms with Crippen LogP contribution in [-0.2, 0) is 23.5 Å². The Bertz CT molecular complexity index is 1550. The smallest absolute Gasteiger partial charge is 0.255 e. The number of sulfonamides is 1. The van der Waals surface area contributed by atoms with Gasteiger partial charge in [0.25, 0.3) is 11.5 Å². The molecule has 3 aromatic rings. The summed E-state index contributed by atoms with van der Waals surface area (Å²) in [7, 11) is -2.40. The zero-order valence-electron chi connectivity index (χ0n) is 20.0. The Kier molecular flexibility index (Phi) is 6.38. The first-order valence-corrected chi connectivity index (χ1v) is 12.7. The molecule has 1 amide bonds. The van der Waals surface area contributed by atoms with E-state index in [2.05, 4.69) is 10.0 Å². The van der Waals surface area contributed by atoms with Gasteiger partial charge in [-0.05, 0) is 62.1 Å². The number of nitrogens with one attached hydrogen (secondary N) is 2. The Morgan fingerprint density at radius 2 is 1.81 bits per heavy atom. The van der Waals surface area contributed by atoms with Crippen molar-refractivity contribution < 1.29 is 22.0 Å². The summed E-state index contributed by atoms with van der Waals surface area (Å²) >= 11 is 0. The highest BCUT2D eigenvalue weighted by Crippen LogP contribution is 2.43. The van der Waals surface area contributed by atoms with E-state index in [1.54, 1.807) is 19.9 Å². The molecule has 0 radical (unpaired) electrons. The van der Waals surface area contributed by atoms with Crippen molar-refractivity contribution in [1.82, 2.24) is 4.57 Å². The van der Waals surface area contributed by atoms with Gasteiger partial charge in [-0.25, -0.2) is 17.2 Å². The van der Waals surface area contributed by atoms with E-state index >= 15 is 4.39 Å². The SMILES string of the molecule is Cc1ccc(Nc2c(C(N)=O)cc(Cc3cccc(NS(=O)(=O)C4(C)CC4)c3F)c(=O)n2C)c(F)c1. The van der Waals surface area contributed by atoms with Gasteiger partial charge in [-0.3, -0.25) is 18.9 Å². The Hall–Kier alpha value is -3.73. The number of primary amides is 1. The van der Waals surface area contributed by atoms with Crippen LogP contribution in [0.1, 0.15) is 46.8 Å². The van der Waals surface area contributed by atoms with Crippen molar-refractivity contribution in [2.75, 3.05) is 10.0 Å². The minimum Gasteiger partial charge on any atom is -0.365 e. The normalized spacial score (nSPS) is 14.4. The average molecular weight is 517 g/mol. The van der Waals surface area contributed by atoms with Crippen molar-refractivity contribution >= 4 is 33.1 Å². The molecule has 0 aliphatic heterocycles. The average Bonchev–Trinajstić information content (AvgIpc) is 3.56. The number of anilines is 3. The van der Waals surface area contributed by atoms with Gasteiger partial charge in [0.2, 0.25) is 10.0 Å². The number of rotatable bonds is 8. The number of hydrogen-bond donors (Lipinski definition) is 3. The number of aryl methyl sites for hydroxylation is 1. The van der Waals surface area contributed by atoms with Crippen LogP contribution >= 0.6 is 0 Å². The summed E-state index contributed by atoms with van der Waals surface area (Å²) in [6.07, 6.45) is 0.746. The number of amides is 1. The number of nitrogens with two attached hydrogens (primary N) is 1. The van der Waals surface area contributed by atoms with Gasteiger partial charge in [-0.1, -0.05) is 18.2 Å². The van der Waals surface area contributed by atoms with Crippen molar-refractivity contribution in [2.24, 2.45) is 12.8 Å². The highest BCUT2D eigenvalue weighted by Gasteiger charge is 2.50. The van der Waals surface area contributed by atoms with Gasteiger partial charge in [-0.15, -0.1) is 0 Å². The highest BCUT2D eigenvalue weighted by atomic mass is 32.2. The molecule has 1 saturated carbocycles. The van der Waals surface area contributed by atoms with Crippen LogP contribution in [0.25, 0.3) is 0 Å². The first-order chi connectivity index (χ1) is 16.8. The van der Waals surface area contributed by atoms with Gasteiger partial charge in [-0.2, -0.15) is 0 Å². The second-order valence-corrected chi connectivity index (χ2v) is 11.5. The summed E-state index contributed by atoms with van der Waals surface area (Å²) in [5.41, 5.74) is 5.50. The summed E-state index contributed by atoms with van der Waals surface area (Å²) in [5.74, 6) is -2.29. The van der Waals surface area contributed by atoms with Crippen LogP contribution in [0, 0.1) is 18.6 Å². The number of carbonyl (C=O) groups excluding carboxylic acids is 1. The topological polar surface area (TPSA) is 123 Å². The van der Waals surface area contributed by atoms with Crippen LogP contribution in [-0.4, -0.2) is 23.6 Å². The quantitative estimate of drug-likeness (QED) is 0.421. The molecule has 11 heteroatoms. The molecule has 36 heavy (non-hydrogen) atoms. The molecule has 2 aromatic carbocycles. The largest absolute Gasteiger partial charge is 0.365 e. The monoisotopic (exact) mass is 516 g/mol. The van der Waals surface area contributed by atoms with E-state index in [9.17, 15) is 22.4 Å². The van der Waals surface area contributed by atoms with Crippen molar-refractivity contribution in [2.45, 2.75) is 37.9 Å². The molecule has 0 spiro atoms. The fourth-order valence-corrected chi connectivity index (χ4v) is 5.16. The van der Waals surface area contributed by atoms with Crippen LogP contribution in [0.2, 0.25) is 0 Å². The fourth-order valence-electron chi connectivity index (χ4n) is 3.83. The summed E-state index contributed by atoms with van der Waals surface area (Å²) in [6.45, 7) is 3.31. The van der Waals surface area contributed by atoms with E-state index in [-0.39, 0.29) is 40.3 Å². The van der Waals surface area contributed by atoms with Crippen LogP contribution < -0.4 is 21.3 Å². The zero-order valence-corrected chi connectivity index (χ0v) is 20.8. The molecule has 4 rings (SSSR count). The first-order valence-electron chi connectivity index (χ1n) is 11.2. The molecule has 0 unspecified atom stereocenters. The van der Waals surface area contributed by atoms with E-state index in [1.807, 2.05) is 0 Å². The lowest BCUT2D eigenvalue weighted by Gasteiger charge is -2.18. The standard InChI is InChI=1S/C25H26F2N4O4S/c1-14-7-8-19(18(26)11-14)29-23-17(22(28)32)13-16(24(33)31(23)3)12-15-5-4-6-20(21(15)27)30-36(34,35)25(2)9-10-25/h4-8,11,13,29-30H,9-10,12H2,1-3H3,(H2,28,32). The van der Waals surface area contributed by atoms with E-state index in [0.717, 1.165) is 4.57 Å². The zero-order chi connectivity index (χ0) is 26.4. The third kappa shape index (κ3) is 4.70. The second-order valence-electron chi connectivity index (χ2n) is 9.28. The number of pyridine rings is 1. The summed E-state index contributed by atoms with van der Waals surface area (Å²) < 4.78 is 57.2. The molecule has 0 atom stereocenters.